The van der Waals surface area contributed by atoms with Crippen LogP contribution in [0.4, 0.5) is 43.9 Å². The van der Waals surface area contributed by atoms with Crippen LogP contribution in [0.15, 0.2) is 156 Å². The van der Waals surface area contributed by atoms with Gasteiger partial charge in [-0.2, -0.15) is 8.42 Å². The fourth-order valence-corrected chi connectivity index (χ4v) is 10.6. The lowest BCUT2D eigenvalue weighted by molar-refractivity contribution is 0.350. The second-order valence-corrected chi connectivity index (χ2v) is 20.5. The molecule has 0 unspecified atom stereocenters. The topological polar surface area (TPSA) is 112 Å². The first-order valence-electron chi connectivity index (χ1n) is 18.3. The van der Waals surface area contributed by atoms with Gasteiger partial charge in [-0.1, -0.05) is 78.0 Å². The molecule has 0 saturated carbocycles. The maximum atomic E-state index is 12.6. The van der Waals surface area contributed by atoms with E-state index in [9.17, 15) is 65.3 Å². The number of rotatable bonds is 9. The van der Waals surface area contributed by atoms with E-state index in [-0.39, 0.29) is 10.9 Å². The fraction of sp³-hybridized carbons (Fsp3) is 0.0667. The van der Waals surface area contributed by atoms with Crippen LogP contribution in [-0.4, -0.2) is 25.9 Å². The van der Waals surface area contributed by atoms with E-state index in [1.807, 2.05) is 11.8 Å². The van der Waals surface area contributed by atoms with Gasteiger partial charge in [0.05, 0.1) is 10.9 Å². The van der Waals surface area contributed by atoms with Crippen molar-refractivity contribution in [1.82, 2.24) is 0 Å². The third kappa shape index (κ3) is 12.3. The lowest BCUT2D eigenvalue weighted by Crippen LogP contribution is -2.12. The van der Waals surface area contributed by atoms with E-state index in [0.717, 1.165) is 6.42 Å². The summed E-state index contributed by atoms with van der Waals surface area (Å²) in [6, 6.07) is 44.4. The molecule has 0 heterocycles. The Morgan fingerprint density at radius 1 is 0.530 bits per heavy atom. The normalized spacial score (nSPS) is 11.5. The Labute approximate surface area is 392 Å². The number of benzene rings is 7. The molecule has 0 radical (unpaired) electrons. The summed E-state index contributed by atoms with van der Waals surface area (Å²) in [5.41, 5.74) is 5.47. The zero-order chi connectivity index (χ0) is 48.8. The minimum absolute atomic E-state index is 0.107. The molecule has 0 saturated heterocycles. The Morgan fingerprint density at radius 2 is 0.894 bits per heavy atom. The van der Waals surface area contributed by atoms with Crippen LogP contribution in [0.25, 0.3) is 0 Å². The quantitative estimate of drug-likeness (QED) is 0.0383. The van der Waals surface area contributed by atoms with E-state index in [1.165, 1.54) is 50.3 Å². The number of halogens is 11. The lowest BCUT2D eigenvalue weighted by atomic mass is 10.0. The number of hydrogen-bond acceptors (Lipinski definition) is 6. The summed E-state index contributed by atoms with van der Waals surface area (Å²) in [6.45, 7) is 4.38. The van der Waals surface area contributed by atoms with Crippen LogP contribution in [0, 0.1) is 75.6 Å². The number of aryl methyl sites for hydroxylation is 2. The average Bonchev–Trinajstić information content (AvgIpc) is 3.27. The third-order valence-electron chi connectivity index (χ3n) is 8.89. The molecule has 0 atom stereocenters. The van der Waals surface area contributed by atoms with E-state index in [1.54, 1.807) is 0 Å². The SMILES string of the molecule is Cc1cc(C)c(I)c(Cc2ccc(Sc3ccc([S+](c4ccccc4)c4ccccc4)cc3)cc2)c1.O=S(=O)(O)c1c(F)c(F)c(F)c(F)c1F.O=S(=O)([O-])c1c(F)c(F)c(F)c(F)c1F. The number of hydrogen-bond donors (Lipinski definition) is 1. The standard InChI is InChI=1S/C33H28IS2.2C6HF5O3S/c1-24-21-25(2)33(34)27(22-24)23-26-13-15-28(16-14-26)35-29-17-19-32(20-18-29)36(30-9-5-3-6-10-30)31-11-7-4-8-12-31;2*7-1-2(8)4(10)6(15(12,13)14)5(11)3(1)9/h3-22H,23H2,1-2H3;2*(H,12,13,14)/q+1;;/p-1. The van der Waals surface area contributed by atoms with Gasteiger partial charge in [-0.25, -0.2) is 52.3 Å². The van der Waals surface area contributed by atoms with Crippen LogP contribution in [0.2, 0.25) is 0 Å². The second-order valence-electron chi connectivity index (χ2n) is 13.6. The highest BCUT2D eigenvalue weighted by Gasteiger charge is 2.33. The molecule has 7 aromatic carbocycles. The molecule has 0 spiro atoms. The van der Waals surface area contributed by atoms with E-state index < -0.39 is 88.2 Å². The van der Waals surface area contributed by atoms with Crippen LogP contribution in [0.3, 0.4) is 0 Å². The summed E-state index contributed by atoms with van der Waals surface area (Å²) in [5.74, 6) is -25.4. The molecule has 0 bridgehead atoms. The van der Waals surface area contributed by atoms with Gasteiger partial charge in [0.2, 0.25) is 11.6 Å². The predicted octanol–water partition coefficient (Wildman–Crippen LogP) is 12.7. The van der Waals surface area contributed by atoms with Crippen LogP contribution < -0.4 is 0 Å². The lowest BCUT2D eigenvalue weighted by Gasteiger charge is -2.10. The van der Waals surface area contributed by atoms with Gasteiger partial charge < -0.3 is 4.55 Å². The van der Waals surface area contributed by atoms with Gasteiger partial charge in [-0.05, 0) is 120 Å². The van der Waals surface area contributed by atoms with Crippen LogP contribution in [-0.2, 0) is 37.6 Å². The molecule has 7 aromatic rings. The Bertz CT molecular complexity index is 2920. The first kappa shape index (κ1) is 52.1. The Balaban J connectivity index is 0.000000224. The Morgan fingerprint density at radius 3 is 1.29 bits per heavy atom. The highest BCUT2D eigenvalue weighted by molar-refractivity contribution is 14.1. The molecule has 0 aliphatic rings. The van der Waals surface area contributed by atoms with Crippen molar-refractivity contribution in [1.29, 1.82) is 0 Å². The van der Waals surface area contributed by atoms with Crippen molar-refractivity contribution in [2.24, 2.45) is 0 Å². The van der Waals surface area contributed by atoms with Crippen molar-refractivity contribution in [2.75, 3.05) is 0 Å². The summed E-state index contributed by atoms with van der Waals surface area (Å²) in [4.78, 5) is 1.93. The molecule has 6 nitrogen and oxygen atoms in total. The van der Waals surface area contributed by atoms with E-state index in [2.05, 4.69) is 158 Å². The van der Waals surface area contributed by atoms with Gasteiger partial charge in [0.25, 0.3) is 0 Å². The molecule has 21 heteroatoms. The van der Waals surface area contributed by atoms with Gasteiger partial charge in [-0.15, -0.1) is 0 Å². The molecule has 0 aliphatic heterocycles. The zero-order valence-electron chi connectivity index (χ0n) is 33.5. The molecule has 0 amide bonds. The van der Waals surface area contributed by atoms with Gasteiger partial charge in [0.15, 0.2) is 66.1 Å². The molecule has 0 aromatic heterocycles. The predicted molar refractivity (Wildman–Crippen MR) is 234 cm³/mol. The third-order valence-corrected chi connectivity index (χ3v) is 15.4. The first-order chi connectivity index (χ1) is 30.9. The Hall–Kier alpha value is -4.91. The smallest absolute Gasteiger partial charge is 0.300 e. The Kier molecular flexibility index (Phi) is 17.2. The highest BCUT2D eigenvalue weighted by Crippen LogP contribution is 2.35. The maximum Gasteiger partial charge on any atom is 0.300 e. The molecule has 0 aliphatic carbocycles. The average molecular weight is 1110 g/mol. The minimum Gasteiger partial charge on any atom is -0.744 e. The van der Waals surface area contributed by atoms with Crippen molar-refractivity contribution in [2.45, 2.75) is 54.5 Å². The highest BCUT2D eigenvalue weighted by atomic mass is 127. The van der Waals surface area contributed by atoms with Crippen molar-refractivity contribution in [3.8, 4) is 0 Å². The van der Waals surface area contributed by atoms with Crippen molar-refractivity contribution in [3.63, 3.8) is 0 Å². The summed E-state index contributed by atoms with van der Waals surface area (Å²) in [5, 5.41) is 0. The fourth-order valence-electron chi connectivity index (χ4n) is 5.98. The summed E-state index contributed by atoms with van der Waals surface area (Å²) < 4.78 is 186. The van der Waals surface area contributed by atoms with E-state index >= 15 is 0 Å². The van der Waals surface area contributed by atoms with E-state index in [4.69, 9.17) is 4.55 Å². The maximum absolute atomic E-state index is 12.6. The van der Waals surface area contributed by atoms with Crippen LogP contribution in [0.1, 0.15) is 22.3 Å². The van der Waals surface area contributed by atoms with Gasteiger partial charge >= 0.3 is 10.1 Å². The molecule has 7 rings (SSSR count). The molecule has 66 heavy (non-hydrogen) atoms. The monoisotopic (exact) mass is 1110 g/mol. The molecular formula is C45H29F10IO6S4. The zero-order valence-corrected chi connectivity index (χ0v) is 39.0. The second kappa shape index (κ2) is 21.8. The molecular weight excluding hydrogens is 1080 g/mol. The summed E-state index contributed by atoms with van der Waals surface area (Å²) in [6.07, 6.45) is 0.974. The van der Waals surface area contributed by atoms with Crippen molar-refractivity contribution in [3.05, 3.63) is 205 Å². The summed E-state index contributed by atoms with van der Waals surface area (Å²) in [7, 11) is -11.4. The molecule has 346 valence electrons. The molecule has 1 N–H and O–H groups in total. The van der Waals surface area contributed by atoms with Gasteiger partial charge in [-0.3, -0.25) is 4.55 Å². The van der Waals surface area contributed by atoms with Crippen LogP contribution in [0.5, 0.6) is 0 Å². The first-order valence-corrected chi connectivity index (χ1v) is 24.3. The van der Waals surface area contributed by atoms with E-state index in [0.29, 0.717) is 0 Å². The van der Waals surface area contributed by atoms with Gasteiger partial charge in [0, 0.05) is 13.4 Å². The van der Waals surface area contributed by atoms with Crippen molar-refractivity contribution < 1.29 is 69.8 Å². The molecule has 0 fully saturated rings. The minimum atomic E-state index is -5.77. The van der Waals surface area contributed by atoms with Crippen LogP contribution >= 0.6 is 34.4 Å². The van der Waals surface area contributed by atoms with Crippen molar-refractivity contribution >= 4 is 65.5 Å². The summed E-state index contributed by atoms with van der Waals surface area (Å²) >= 11 is 4.31. The van der Waals surface area contributed by atoms with Gasteiger partial charge in [0.1, 0.15) is 15.0 Å². The largest absolute Gasteiger partial charge is 0.744 e.